The number of carbonyl (C=O) groups excluding carboxylic acids is 1. The van der Waals surface area contributed by atoms with Gasteiger partial charge in [-0.3, -0.25) is 4.79 Å². The molecule has 2 N–H and O–H groups in total. The Morgan fingerprint density at radius 2 is 2.28 bits per heavy atom. The Kier molecular flexibility index (Phi) is 5.27. The summed E-state index contributed by atoms with van der Waals surface area (Å²) in [5.74, 6) is -0.662. The maximum absolute atomic E-state index is 12.8. The van der Waals surface area contributed by atoms with Gasteiger partial charge in [-0.05, 0) is 18.6 Å². The summed E-state index contributed by atoms with van der Waals surface area (Å²) in [4.78, 5) is 15.0. The first-order valence-electron chi connectivity index (χ1n) is 5.27. The van der Waals surface area contributed by atoms with Crippen LogP contribution < -0.4 is 5.73 Å². The summed E-state index contributed by atoms with van der Waals surface area (Å²) >= 11 is 5.54. The van der Waals surface area contributed by atoms with E-state index in [1.54, 1.807) is 6.92 Å². The van der Waals surface area contributed by atoms with E-state index >= 15 is 0 Å². The third kappa shape index (κ3) is 3.53. The molecule has 1 rings (SSSR count). The number of alkyl halides is 3. The van der Waals surface area contributed by atoms with Crippen LogP contribution in [0.4, 0.5) is 14.5 Å². The van der Waals surface area contributed by atoms with E-state index in [1.165, 1.54) is 6.07 Å². The molecule has 0 fully saturated rings. The lowest BCUT2D eigenvalue weighted by Crippen LogP contribution is -2.12. The second kappa shape index (κ2) is 6.49. The van der Waals surface area contributed by atoms with Crippen LogP contribution in [0.2, 0.25) is 0 Å². The maximum atomic E-state index is 12.8. The fourth-order valence-electron chi connectivity index (χ4n) is 1.43. The van der Waals surface area contributed by atoms with Gasteiger partial charge in [0, 0.05) is 0 Å². The molecule has 0 aliphatic rings. The summed E-state index contributed by atoms with van der Waals surface area (Å²) in [6.07, 6.45) is -3.08. The van der Waals surface area contributed by atoms with Crippen molar-refractivity contribution in [3.05, 3.63) is 23.0 Å². The van der Waals surface area contributed by atoms with E-state index in [1.807, 2.05) is 0 Å². The van der Waals surface area contributed by atoms with E-state index in [4.69, 9.17) is 22.1 Å². The third-order valence-corrected chi connectivity index (χ3v) is 2.47. The van der Waals surface area contributed by atoms with Crippen molar-refractivity contribution < 1.29 is 18.3 Å². The van der Waals surface area contributed by atoms with Gasteiger partial charge in [-0.25, -0.2) is 13.8 Å². The second-order valence-corrected chi connectivity index (χ2v) is 3.75. The molecule has 0 aromatic carbocycles. The predicted octanol–water partition coefficient (Wildman–Crippen LogP) is 2.45. The van der Waals surface area contributed by atoms with Crippen LogP contribution in [-0.2, 0) is 21.8 Å². The zero-order valence-electron chi connectivity index (χ0n) is 9.75. The van der Waals surface area contributed by atoms with E-state index in [0.29, 0.717) is 0 Å². The number of nitrogen functional groups attached to an aromatic ring is 1. The lowest BCUT2D eigenvalue weighted by molar-refractivity contribution is -0.142. The number of anilines is 1. The van der Waals surface area contributed by atoms with Crippen molar-refractivity contribution in [3.63, 3.8) is 0 Å². The maximum Gasteiger partial charge on any atom is 0.310 e. The lowest BCUT2D eigenvalue weighted by atomic mass is 10.1. The van der Waals surface area contributed by atoms with Gasteiger partial charge < -0.3 is 10.5 Å². The van der Waals surface area contributed by atoms with Crippen LogP contribution in [0.25, 0.3) is 0 Å². The van der Waals surface area contributed by atoms with Crippen LogP contribution in [0.3, 0.4) is 0 Å². The fraction of sp³-hybridized carbons (Fsp3) is 0.455. The van der Waals surface area contributed by atoms with E-state index in [2.05, 4.69) is 4.98 Å². The average Bonchev–Trinajstić information content (AvgIpc) is 2.29. The van der Waals surface area contributed by atoms with Crippen LogP contribution >= 0.6 is 11.6 Å². The summed E-state index contributed by atoms with van der Waals surface area (Å²) in [6.45, 7) is 1.82. The molecule has 100 valence electrons. The molecule has 0 saturated carbocycles. The molecule has 0 spiro atoms. The van der Waals surface area contributed by atoms with Gasteiger partial charge in [0.1, 0.15) is 5.69 Å². The number of rotatable bonds is 5. The third-order valence-electron chi connectivity index (χ3n) is 2.22. The molecule has 0 amide bonds. The number of nitrogens with zero attached hydrogens (tertiary/aromatic N) is 1. The number of hydrogen-bond acceptors (Lipinski definition) is 4. The molecule has 0 aliphatic heterocycles. The molecule has 1 heterocycles. The minimum absolute atomic E-state index is 0.0642. The monoisotopic (exact) mass is 278 g/mol. The molecule has 0 atom stereocenters. The van der Waals surface area contributed by atoms with Crippen LogP contribution in [0, 0.1) is 0 Å². The number of hydrogen-bond donors (Lipinski definition) is 1. The molecule has 1 aromatic rings. The molecule has 0 unspecified atom stereocenters. The Bertz CT molecular complexity index is 441. The topological polar surface area (TPSA) is 65.2 Å². The number of carbonyl (C=O) groups is 1. The molecule has 18 heavy (non-hydrogen) atoms. The van der Waals surface area contributed by atoms with Crippen LogP contribution in [0.15, 0.2) is 6.07 Å². The molecule has 0 bridgehead atoms. The Balaban J connectivity index is 3.09. The van der Waals surface area contributed by atoms with E-state index in [0.717, 1.165) is 0 Å². The average molecular weight is 279 g/mol. The number of halogens is 3. The van der Waals surface area contributed by atoms with Gasteiger partial charge >= 0.3 is 5.97 Å². The number of esters is 1. The summed E-state index contributed by atoms with van der Waals surface area (Å²) < 4.78 is 30.3. The predicted molar refractivity (Wildman–Crippen MR) is 63.5 cm³/mol. The van der Waals surface area contributed by atoms with Crippen molar-refractivity contribution in [2.24, 2.45) is 0 Å². The zero-order chi connectivity index (χ0) is 13.7. The summed E-state index contributed by atoms with van der Waals surface area (Å²) in [5, 5.41) is 0. The van der Waals surface area contributed by atoms with Crippen LogP contribution in [0.1, 0.15) is 30.3 Å². The number of nitrogens with two attached hydrogens (primary N) is 1. The minimum Gasteiger partial charge on any atom is -0.466 e. The Hall–Kier alpha value is -1.43. The summed E-state index contributed by atoms with van der Waals surface area (Å²) in [6, 6.07) is 1.29. The Labute approximate surface area is 108 Å². The highest BCUT2D eigenvalue weighted by atomic mass is 35.5. The van der Waals surface area contributed by atoms with Crippen molar-refractivity contribution in [3.8, 4) is 0 Å². The molecule has 0 saturated heterocycles. The first-order chi connectivity index (χ1) is 8.49. The van der Waals surface area contributed by atoms with Gasteiger partial charge in [-0.2, -0.15) is 0 Å². The minimum atomic E-state index is -2.79. The van der Waals surface area contributed by atoms with Gasteiger partial charge in [0.25, 0.3) is 6.43 Å². The molecular weight excluding hydrogens is 266 g/mol. The van der Waals surface area contributed by atoms with Crippen molar-refractivity contribution in [1.29, 1.82) is 0 Å². The quantitative estimate of drug-likeness (QED) is 0.664. The van der Waals surface area contributed by atoms with Gasteiger partial charge in [0.15, 0.2) is 0 Å². The fourth-order valence-corrected chi connectivity index (χ4v) is 1.65. The van der Waals surface area contributed by atoms with Crippen LogP contribution in [0.5, 0.6) is 0 Å². The highest BCUT2D eigenvalue weighted by Gasteiger charge is 2.20. The van der Waals surface area contributed by atoms with E-state index in [-0.39, 0.29) is 35.9 Å². The van der Waals surface area contributed by atoms with Crippen molar-refractivity contribution in [2.75, 3.05) is 12.3 Å². The molecule has 4 nitrogen and oxygen atoms in total. The molecule has 0 aliphatic carbocycles. The molecule has 7 heteroatoms. The van der Waals surface area contributed by atoms with Crippen molar-refractivity contribution in [1.82, 2.24) is 4.98 Å². The number of ether oxygens (including phenoxy) is 1. The van der Waals surface area contributed by atoms with Crippen LogP contribution in [-0.4, -0.2) is 17.6 Å². The zero-order valence-corrected chi connectivity index (χ0v) is 10.5. The van der Waals surface area contributed by atoms with Gasteiger partial charge in [-0.15, -0.1) is 11.6 Å². The van der Waals surface area contributed by atoms with E-state index in [9.17, 15) is 13.6 Å². The Morgan fingerprint density at radius 1 is 1.61 bits per heavy atom. The molecular formula is C11H13ClF2N2O2. The number of pyridine rings is 1. The van der Waals surface area contributed by atoms with Gasteiger partial charge in [0.05, 0.1) is 30.3 Å². The highest BCUT2D eigenvalue weighted by Crippen LogP contribution is 2.26. The smallest absolute Gasteiger partial charge is 0.310 e. The normalized spacial score (nSPS) is 10.7. The highest BCUT2D eigenvalue weighted by molar-refractivity contribution is 6.17. The van der Waals surface area contributed by atoms with Gasteiger partial charge in [0.2, 0.25) is 0 Å². The molecule has 0 radical (unpaired) electrons. The van der Waals surface area contributed by atoms with Crippen molar-refractivity contribution in [2.45, 2.75) is 25.7 Å². The largest absolute Gasteiger partial charge is 0.466 e. The lowest BCUT2D eigenvalue weighted by Gasteiger charge is -2.11. The first-order valence-corrected chi connectivity index (χ1v) is 5.80. The number of aromatic nitrogens is 1. The SMILES string of the molecule is CCOC(=O)Cc1cc(N)c(CCl)nc1C(F)F. The second-order valence-electron chi connectivity index (χ2n) is 3.48. The summed E-state index contributed by atoms with van der Waals surface area (Å²) in [5.41, 5.74) is 5.56. The first kappa shape index (κ1) is 14.6. The van der Waals surface area contributed by atoms with Gasteiger partial charge in [-0.1, -0.05) is 0 Å². The standard InChI is InChI=1S/C11H13ClF2N2O2/c1-2-18-9(17)4-6-3-7(15)8(5-12)16-10(6)11(13)14/h3,11H,2,4-5,15H2,1H3. The van der Waals surface area contributed by atoms with E-state index < -0.39 is 18.1 Å². The summed E-state index contributed by atoms with van der Waals surface area (Å²) in [7, 11) is 0. The molecule has 1 aromatic heterocycles. The Morgan fingerprint density at radius 3 is 2.78 bits per heavy atom. The van der Waals surface area contributed by atoms with Crippen molar-refractivity contribution >= 4 is 23.3 Å².